The molecule has 1 atom stereocenters. The highest BCUT2D eigenvalue weighted by Crippen LogP contribution is 2.26. The van der Waals surface area contributed by atoms with Crippen LogP contribution in [0.1, 0.15) is 50.2 Å². The van der Waals surface area contributed by atoms with Crippen molar-refractivity contribution in [1.29, 1.82) is 0 Å². The van der Waals surface area contributed by atoms with Crippen molar-refractivity contribution in [2.45, 2.75) is 52.1 Å². The van der Waals surface area contributed by atoms with E-state index < -0.39 is 0 Å². The van der Waals surface area contributed by atoms with Gasteiger partial charge in [-0.15, -0.1) is 20.4 Å². The molecule has 3 heterocycles. The van der Waals surface area contributed by atoms with Crippen molar-refractivity contribution in [3.05, 3.63) is 23.9 Å². The Bertz CT molecular complexity index is 578. The average molecular weight is 290 g/mol. The highest BCUT2D eigenvalue weighted by atomic mass is 16.4. The Labute approximate surface area is 124 Å². The summed E-state index contributed by atoms with van der Waals surface area (Å²) in [5.41, 5.74) is 0. The van der Waals surface area contributed by atoms with E-state index in [2.05, 4.69) is 36.8 Å². The van der Waals surface area contributed by atoms with Gasteiger partial charge in [0.25, 0.3) is 0 Å². The number of aromatic nitrogens is 5. The van der Waals surface area contributed by atoms with Gasteiger partial charge in [0, 0.05) is 25.4 Å². The van der Waals surface area contributed by atoms with Crippen molar-refractivity contribution in [3.63, 3.8) is 0 Å². The monoisotopic (exact) mass is 290 g/mol. The fourth-order valence-corrected chi connectivity index (χ4v) is 2.92. The normalized spacial score (nSPS) is 20.0. The highest BCUT2D eigenvalue weighted by Gasteiger charge is 2.26. The number of nitrogens with zero attached hydrogens (tertiary/aromatic N) is 6. The topological polar surface area (TPSA) is 72.9 Å². The Balaban J connectivity index is 1.65. The number of hydrogen-bond acceptors (Lipinski definition) is 6. The zero-order valence-corrected chi connectivity index (χ0v) is 12.7. The van der Waals surface area contributed by atoms with Crippen molar-refractivity contribution in [2.75, 3.05) is 13.1 Å². The number of aryl methyl sites for hydroxylation is 2. The molecule has 0 aromatic carbocycles. The fourth-order valence-electron chi connectivity index (χ4n) is 2.92. The van der Waals surface area contributed by atoms with Gasteiger partial charge < -0.3 is 8.98 Å². The highest BCUT2D eigenvalue weighted by molar-refractivity contribution is 5.00. The first-order valence-corrected chi connectivity index (χ1v) is 7.71. The molecule has 0 spiro atoms. The van der Waals surface area contributed by atoms with Gasteiger partial charge >= 0.3 is 0 Å². The molecule has 114 valence electrons. The summed E-state index contributed by atoms with van der Waals surface area (Å²) in [6, 6.07) is 0. The van der Waals surface area contributed by atoms with Gasteiger partial charge in [0.05, 0.1) is 6.54 Å². The lowest BCUT2D eigenvalue weighted by Gasteiger charge is -2.31. The molecule has 1 aliphatic rings. The summed E-state index contributed by atoms with van der Waals surface area (Å²) in [7, 11) is 0. The zero-order valence-electron chi connectivity index (χ0n) is 12.7. The van der Waals surface area contributed by atoms with E-state index in [-0.39, 0.29) is 0 Å². The molecule has 0 radical (unpaired) electrons. The van der Waals surface area contributed by atoms with Crippen molar-refractivity contribution in [1.82, 2.24) is 29.9 Å². The third kappa shape index (κ3) is 3.12. The van der Waals surface area contributed by atoms with Crippen LogP contribution in [-0.2, 0) is 19.5 Å². The minimum Gasteiger partial charge on any atom is -0.424 e. The second-order valence-corrected chi connectivity index (χ2v) is 5.49. The quantitative estimate of drug-likeness (QED) is 0.833. The molecule has 1 fully saturated rings. The van der Waals surface area contributed by atoms with Crippen LogP contribution in [0.2, 0.25) is 0 Å². The van der Waals surface area contributed by atoms with E-state index >= 15 is 0 Å². The molecule has 1 unspecified atom stereocenters. The molecule has 7 nitrogen and oxygen atoms in total. The fraction of sp³-hybridized carbons (Fsp3) is 0.714. The molecule has 0 saturated carbocycles. The molecule has 2 aromatic rings. The minimum atomic E-state index is 0.440. The second kappa shape index (κ2) is 6.34. The lowest BCUT2D eigenvalue weighted by atomic mass is 9.97. The van der Waals surface area contributed by atoms with Gasteiger partial charge in [-0.25, -0.2) is 0 Å². The summed E-state index contributed by atoms with van der Waals surface area (Å²) in [6.45, 7) is 7.83. The molecule has 1 aliphatic heterocycles. The molecule has 1 saturated heterocycles. The largest absolute Gasteiger partial charge is 0.424 e. The molecule has 0 aliphatic carbocycles. The first kappa shape index (κ1) is 14.2. The smallest absolute Gasteiger partial charge is 0.230 e. The van der Waals surface area contributed by atoms with E-state index in [9.17, 15) is 0 Å². The predicted octanol–water partition coefficient (Wildman–Crippen LogP) is 1.62. The average Bonchev–Trinajstić information content (AvgIpc) is 3.15. The molecule has 7 heteroatoms. The third-order valence-electron chi connectivity index (χ3n) is 4.03. The number of piperidine rings is 1. The first-order valence-electron chi connectivity index (χ1n) is 7.71. The van der Waals surface area contributed by atoms with Crippen LogP contribution in [0.5, 0.6) is 0 Å². The van der Waals surface area contributed by atoms with Crippen molar-refractivity contribution < 1.29 is 4.42 Å². The summed E-state index contributed by atoms with van der Waals surface area (Å²) in [4.78, 5) is 2.37. The zero-order chi connectivity index (χ0) is 14.7. The first-order chi connectivity index (χ1) is 10.3. The van der Waals surface area contributed by atoms with E-state index in [1.165, 1.54) is 6.42 Å². The third-order valence-corrected chi connectivity index (χ3v) is 4.03. The number of rotatable bonds is 5. The summed E-state index contributed by atoms with van der Waals surface area (Å²) < 4.78 is 7.74. The molecule has 0 bridgehead atoms. The minimum absolute atomic E-state index is 0.440. The van der Waals surface area contributed by atoms with Crippen LogP contribution in [0.4, 0.5) is 0 Å². The van der Waals surface area contributed by atoms with Crippen LogP contribution in [0.15, 0.2) is 10.7 Å². The standard InChI is InChI=1S/C14H22N6O/c1-3-12-16-17-13(21-12)9-19-7-5-6-11(8-19)14-18-15-10-20(14)4-2/h10-11H,3-9H2,1-2H3. The van der Waals surface area contributed by atoms with Gasteiger partial charge in [-0.05, 0) is 26.3 Å². The van der Waals surface area contributed by atoms with Crippen LogP contribution < -0.4 is 0 Å². The van der Waals surface area contributed by atoms with Crippen molar-refractivity contribution >= 4 is 0 Å². The Hall–Kier alpha value is -1.76. The van der Waals surface area contributed by atoms with Gasteiger partial charge in [0.15, 0.2) is 0 Å². The Kier molecular flexibility index (Phi) is 4.28. The summed E-state index contributed by atoms with van der Waals surface area (Å²) >= 11 is 0. The lowest BCUT2D eigenvalue weighted by Crippen LogP contribution is -2.35. The molecule has 3 rings (SSSR count). The predicted molar refractivity (Wildman–Crippen MR) is 76.6 cm³/mol. The van der Waals surface area contributed by atoms with Gasteiger partial charge in [0.2, 0.25) is 11.8 Å². The van der Waals surface area contributed by atoms with Crippen LogP contribution in [0.25, 0.3) is 0 Å². The lowest BCUT2D eigenvalue weighted by molar-refractivity contribution is 0.177. The maximum Gasteiger partial charge on any atom is 0.230 e. The Morgan fingerprint density at radius 3 is 2.86 bits per heavy atom. The van der Waals surface area contributed by atoms with Gasteiger partial charge in [-0.1, -0.05) is 6.92 Å². The van der Waals surface area contributed by atoms with Crippen LogP contribution in [0.3, 0.4) is 0 Å². The SMILES string of the molecule is CCc1nnc(CN2CCCC(c3nncn3CC)C2)o1. The van der Waals surface area contributed by atoms with Crippen LogP contribution in [0, 0.1) is 0 Å². The van der Waals surface area contributed by atoms with E-state index in [4.69, 9.17) is 4.42 Å². The van der Waals surface area contributed by atoms with Gasteiger partial charge in [-0.2, -0.15) is 0 Å². The summed E-state index contributed by atoms with van der Waals surface area (Å²) in [6.07, 6.45) is 4.93. The van der Waals surface area contributed by atoms with Crippen LogP contribution in [-0.4, -0.2) is 43.0 Å². The van der Waals surface area contributed by atoms with Gasteiger partial charge in [0.1, 0.15) is 12.2 Å². The Morgan fingerprint density at radius 2 is 2.10 bits per heavy atom. The molecule has 2 aromatic heterocycles. The molecule has 0 N–H and O–H groups in total. The maximum atomic E-state index is 5.61. The van der Waals surface area contributed by atoms with E-state index in [1.807, 2.05) is 13.3 Å². The molecule has 0 amide bonds. The Morgan fingerprint density at radius 1 is 1.24 bits per heavy atom. The summed E-state index contributed by atoms with van der Waals surface area (Å²) in [5, 5.41) is 16.5. The number of hydrogen-bond donors (Lipinski definition) is 0. The molecule has 21 heavy (non-hydrogen) atoms. The van der Waals surface area contributed by atoms with E-state index in [0.29, 0.717) is 17.7 Å². The second-order valence-electron chi connectivity index (χ2n) is 5.49. The maximum absolute atomic E-state index is 5.61. The van der Waals surface area contributed by atoms with Gasteiger partial charge in [-0.3, -0.25) is 4.90 Å². The molecular formula is C14H22N6O. The van der Waals surface area contributed by atoms with Crippen molar-refractivity contribution in [3.8, 4) is 0 Å². The van der Waals surface area contributed by atoms with E-state index in [1.54, 1.807) is 0 Å². The summed E-state index contributed by atoms with van der Waals surface area (Å²) in [5.74, 6) is 2.96. The van der Waals surface area contributed by atoms with E-state index in [0.717, 1.165) is 44.8 Å². The van der Waals surface area contributed by atoms with Crippen LogP contribution >= 0.6 is 0 Å². The number of likely N-dealkylation sites (tertiary alicyclic amines) is 1. The van der Waals surface area contributed by atoms with Crippen molar-refractivity contribution in [2.24, 2.45) is 0 Å². The molecular weight excluding hydrogens is 268 g/mol.